The van der Waals surface area contributed by atoms with Crippen molar-refractivity contribution in [3.8, 4) is 5.75 Å². The van der Waals surface area contributed by atoms with Crippen molar-refractivity contribution in [2.24, 2.45) is 0 Å². The van der Waals surface area contributed by atoms with E-state index in [0.29, 0.717) is 18.0 Å². The lowest BCUT2D eigenvalue weighted by Crippen LogP contribution is -2.47. The van der Waals surface area contributed by atoms with Gasteiger partial charge >= 0.3 is 0 Å². The Hall–Kier alpha value is -1.53. The number of fused-ring (bicyclic) bond motifs is 1. The van der Waals surface area contributed by atoms with E-state index in [9.17, 15) is 0 Å². The van der Waals surface area contributed by atoms with Gasteiger partial charge in [0.15, 0.2) is 14.1 Å². The largest absolute Gasteiger partial charge is 0.490 e. The lowest BCUT2D eigenvalue weighted by Gasteiger charge is -2.42. The summed E-state index contributed by atoms with van der Waals surface area (Å²) in [6.07, 6.45) is 3.65. The first-order valence-electron chi connectivity index (χ1n) is 9.45. The van der Waals surface area contributed by atoms with Crippen LogP contribution in [0.4, 0.5) is 5.69 Å². The number of rotatable bonds is 7. The van der Waals surface area contributed by atoms with Crippen LogP contribution in [-0.2, 0) is 10.8 Å². The van der Waals surface area contributed by atoms with Crippen LogP contribution in [0.25, 0.3) is 5.52 Å². The molecule has 146 valence electrons. The highest BCUT2D eigenvalue weighted by molar-refractivity contribution is 6.74. The number of nitrogen functional groups attached to an aromatic ring is 1. The molecule has 2 rings (SSSR count). The molecule has 0 radical (unpaired) electrons. The summed E-state index contributed by atoms with van der Waals surface area (Å²) in [7, 11) is -1.79. The molecule has 2 aromatic heterocycles. The van der Waals surface area contributed by atoms with Gasteiger partial charge < -0.3 is 14.9 Å². The van der Waals surface area contributed by atoms with Crippen LogP contribution in [-0.4, -0.2) is 30.1 Å². The van der Waals surface area contributed by atoms with Crippen molar-refractivity contribution in [3.63, 3.8) is 0 Å². The normalized spacial score (nSPS) is 13.4. The van der Waals surface area contributed by atoms with Crippen LogP contribution >= 0.6 is 0 Å². The molecule has 0 saturated carbocycles. The van der Waals surface area contributed by atoms with Gasteiger partial charge in [-0.2, -0.15) is 5.10 Å². The lowest BCUT2D eigenvalue weighted by atomic mass is 10.0. The summed E-state index contributed by atoms with van der Waals surface area (Å²) in [5.74, 6) is 0.677. The fourth-order valence-electron chi connectivity index (χ4n) is 2.81. The number of hydrogen-bond donors (Lipinski definition) is 1. The molecule has 0 atom stereocenters. The molecule has 0 aliphatic heterocycles. The Morgan fingerprint density at radius 1 is 1.15 bits per heavy atom. The molecular weight excluding hydrogens is 342 g/mol. The predicted octanol–water partition coefficient (Wildman–Crippen LogP) is 5.05. The van der Waals surface area contributed by atoms with Gasteiger partial charge in [0.1, 0.15) is 0 Å². The maximum atomic E-state index is 6.62. The number of hydrogen-bond acceptors (Lipinski definition) is 4. The molecule has 0 bridgehead atoms. The minimum atomic E-state index is -1.79. The zero-order valence-corrected chi connectivity index (χ0v) is 18.6. The Balaban J connectivity index is 2.11. The molecule has 0 fully saturated rings. The number of aromatic nitrogens is 2. The topological polar surface area (TPSA) is 61.8 Å². The number of nitrogens with two attached hydrogens (primary N) is 1. The fourth-order valence-corrected chi connectivity index (χ4v) is 4.60. The highest BCUT2D eigenvalue weighted by Crippen LogP contribution is 2.40. The van der Waals surface area contributed by atoms with Gasteiger partial charge in [-0.25, -0.2) is 4.52 Å². The van der Waals surface area contributed by atoms with Gasteiger partial charge in [-0.05, 0) is 63.9 Å². The molecule has 6 heteroatoms. The van der Waals surface area contributed by atoms with E-state index in [1.165, 1.54) is 0 Å². The van der Waals surface area contributed by atoms with Gasteiger partial charge in [0.25, 0.3) is 0 Å². The number of nitrogens with zero attached hydrogens (tertiary/aromatic N) is 2. The molecule has 26 heavy (non-hydrogen) atoms. The summed E-state index contributed by atoms with van der Waals surface area (Å²) in [6, 6.07) is 4.01. The Bertz CT molecular complexity index is 760. The summed E-state index contributed by atoms with van der Waals surface area (Å²) in [6.45, 7) is 18.3. The van der Waals surface area contributed by atoms with E-state index in [1.807, 2.05) is 23.7 Å². The summed E-state index contributed by atoms with van der Waals surface area (Å²) in [4.78, 5) is 0. The van der Waals surface area contributed by atoms with Crippen molar-refractivity contribution in [3.05, 3.63) is 24.0 Å². The Morgan fingerprint density at radius 3 is 2.38 bits per heavy atom. The zero-order chi connectivity index (χ0) is 19.8. The molecule has 5 nitrogen and oxygen atoms in total. The number of pyridine rings is 1. The molecule has 0 amide bonds. The lowest BCUT2D eigenvalue weighted by molar-refractivity contribution is 0.0824. The first kappa shape index (κ1) is 20.8. The van der Waals surface area contributed by atoms with Gasteiger partial charge in [-0.15, -0.1) is 0 Å². The molecule has 0 saturated heterocycles. The number of ether oxygens (including phenoxy) is 1. The molecule has 0 aliphatic rings. The van der Waals surface area contributed by atoms with Gasteiger partial charge in [0.05, 0.1) is 35.3 Å². The molecule has 0 aliphatic carbocycles. The summed E-state index contributed by atoms with van der Waals surface area (Å²) >= 11 is 0. The number of aryl methyl sites for hydroxylation is 1. The quantitative estimate of drug-likeness (QED) is 0.686. The zero-order valence-electron chi connectivity index (χ0n) is 17.6. The van der Waals surface area contributed by atoms with Crippen LogP contribution in [0.2, 0.25) is 18.1 Å². The third-order valence-electron chi connectivity index (χ3n) is 5.26. The minimum Gasteiger partial charge on any atom is -0.490 e. The molecule has 0 spiro atoms. The summed E-state index contributed by atoms with van der Waals surface area (Å²) in [5.41, 5.74) is 8.56. The standard InChI is InChI=1S/C20H35N3O2Si/c1-9-24-18-14-23-16(13-17(18)21)12-15(22-23)10-11-20(5,6)25-26(7,8)19(2,3)4/h12-14H,9-11,21H2,1-8H3. The second-order valence-electron chi connectivity index (χ2n) is 9.15. The SMILES string of the molecule is CCOc1cn2nc(CCC(C)(C)O[Si](C)(C)C(C)(C)C)cc2cc1N. The Morgan fingerprint density at radius 2 is 1.81 bits per heavy atom. The van der Waals surface area contributed by atoms with Crippen molar-refractivity contribution < 1.29 is 9.16 Å². The van der Waals surface area contributed by atoms with Gasteiger partial charge in [-0.3, -0.25) is 0 Å². The van der Waals surface area contributed by atoms with Crippen molar-refractivity contribution in [1.82, 2.24) is 9.61 Å². The third kappa shape index (κ3) is 4.80. The van der Waals surface area contributed by atoms with Crippen LogP contribution in [0.3, 0.4) is 0 Å². The molecule has 2 N–H and O–H groups in total. The number of anilines is 1. The van der Waals surface area contributed by atoms with Crippen molar-refractivity contribution in [2.75, 3.05) is 12.3 Å². The molecule has 2 aromatic rings. The highest BCUT2D eigenvalue weighted by Gasteiger charge is 2.41. The van der Waals surface area contributed by atoms with Crippen molar-refractivity contribution in [1.29, 1.82) is 0 Å². The van der Waals surface area contributed by atoms with Crippen molar-refractivity contribution >= 4 is 19.5 Å². The fraction of sp³-hybridized carbons (Fsp3) is 0.650. The molecular formula is C20H35N3O2Si. The third-order valence-corrected chi connectivity index (χ3v) is 9.94. The predicted molar refractivity (Wildman–Crippen MR) is 111 cm³/mol. The van der Waals surface area contributed by atoms with Gasteiger partial charge in [0, 0.05) is 0 Å². The minimum absolute atomic E-state index is 0.172. The maximum Gasteiger partial charge on any atom is 0.192 e. The van der Waals surface area contributed by atoms with E-state index < -0.39 is 8.32 Å². The van der Waals surface area contributed by atoms with Gasteiger partial charge in [0.2, 0.25) is 0 Å². The van der Waals surface area contributed by atoms with E-state index >= 15 is 0 Å². The van der Waals surface area contributed by atoms with Crippen molar-refractivity contribution in [2.45, 2.75) is 78.1 Å². The second kappa shape index (κ2) is 7.23. The van der Waals surface area contributed by atoms with Crippen LogP contribution in [0, 0.1) is 0 Å². The first-order valence-corrected chi connectivity index (χ1v) is 12.4. The van der Waals surface area contributed by atoms with Crippen LogP contribution in [0.5, 0.6) is 5.75 Å². The van der Waals surface area contributed by atoms with Crippen LogP contribution in [0.15, 0.2) is 18.3 Å². The van der Waals surface area contributed by atoms with E-state index in [1.54, 1.807) is 0 Å². The van der Waals surface area contributed by atoms with E-state index in [0.717, 1.165) is 24.1 Å². The average molecular weight is 378 g/mol. The molecule has 2 heterocycles. The monoisotopic (exact) mass is 377 g/mol. The first-order chi connectivity index (χ1) is 11.8. The van der Waals surface area contributed by atoms with E-state index in [-0.39, 0.29) is 10.6 Å². The Kier molecular flexibility index (Phi) is 5.78. The van der Waals surface area contributed by atoms with E-state index in [4.69, 9.17) is 14.9 Å². The summed E-state index contributed by atoms with van der Waals surface area (Å²) in [5, 5.41) is 4.89. The molecule has 0 aromatic carbocycles. The van der Waals surface area contributed by atoms with Crippen LogP contribution < -0.4 is 10.5 Å². The average Bonchev–Trinajstić information content (AvgIpc) is 2.85. The smallest absolute Gasteiger partial charge is 0.192 e. The Labute approximate surface area is 159 Å². The van der Waals surface area contributed by atoms with E-state index in [2.05, 4.69) is 58.9 Å². The second-order valence-corrected chi connectivity index (χ2v) is 13.9. The highest BCUT2D eigenvalue weighted by atomic mass is 28.4. The van der Waals surface area contributed by atoms with Gasteiger partial charge in [-0.1, -0.05) is 20.8 Å². The molecule has 0 unspecified atom stereocenters. The van der Waals surface area contributed by atoms with Crippen LogP contribution in [0.1, 0.15) is 53.7 Å². The maximum absolute atomic E-state index is 6.62. The summed E-state index contributed by atoms with van der Waals surface area (Å²) < 4.78 is 14.0.